The number of sulfone groups is 1. The van der Waals surface area contributed by atoms with Gasteiger partial charge in [0.05, 0.1) is 10.6 Å². The van der Waals surface area contributed by atoms with E-state index in [9.17, 15) is 8.42 Å². The van der Waals surface area contributed by atoms with Crippen LogP contribution >= 0.6 is 0 Å². The Balaban J connectivity index is 1.81. The molecule has 3 rings (SSSR count). The molecule has 24 heavy (non-hydrogen) atoms. The van der Waals surface area contributed by atoms with Crippen LogP contribution in [0.4, 0.5) is 0 Å². The lowest BCUT2D eigenvalue weighted by Crippen LogP contribution is -2.11. The molecule has 0 saturated carbocycles. The summed E-state index contributed by atoms with van der Waals surface area (Å²) in [5.74, 6) is 1.09. The summed E-state index contributed by atoms with van der Waals surface area (Å²) in [7, 11) is -3.23. The van der Waals surface area contributed by atoms with Gasteiger partial charge in [0, 0.05) is 6.26 Å². The predicted molar refractivity (Wildman–Crippen MR) is 87.7 cm³/mol. The van der Waals surface area contributed by atoms with Crippen molar-refractivity contribution in [3.63, 3.8) is 0 Å². The standard InChI is InChI=1S/C16H16N4O3S/c1-12(23-14-8-10-15(11-9-14)24(2,21)22)16-17-18-19-20(16)13-6-4-3-5-7-13/h3-12H,1-2H3/t12-/m0/s1. The fourth-order valence-electron chi connectivity index (χ4n) is 2.22. The summed E-state index contributed by atoms with van der Waals surface area (Å²) in [6.45, 7) is 1.83. The highest BCUT2D eigenvalue weighted by atomic mass is 32.2. The predicted octanol–water partition coefficient (Wildman–Crippen LogP) is 2.21. The minimum Gasteiger partial charge on any atom is -0.483 e. The molecule has 0 amide bonds. The fraction of sp³-hybridized carbons (Fsp3) is 0.188. The first-order valence-corrected chi connectivity index (χ1v) is 9.15. The smallest absolute Gasteiger partial charge is 0.196 e. The van der Waals surface area contributed by atoms with Crippen molar-refractivity contribution >= 4 is 9.84 Å². The van der Waals surface area contributed by atoms with E-state index in [1.807, 2.05) is 37.3 Å². The second-order valence-corrected chi connectivity index (χ2v) is 7.30. The third-order valence-corrected chi connectivity index (χ3v) is 4.55. The highest BCUT2D eigenvalue weighted by molar-refractivity contribution is 7.90. The summed E-state index contributed by atoms with van der Waals surface area (Å²) in [4.78, 5) is 0.247. The van der Waals surface area contributed by atoms with E-state index in [-0.39, 0.29) is 4.90 Å². The molecule has 0 saturated heterocycles. The number of benzene rings is 2. The molecule has 0 aliphatic carbocycles. The Morgan fingerprint density at radius 1 is 1.04 bits per heavy atom. The molecule has 0 spiro atoms. The lowest BCUT2D eigenvalue weighted by Gasteiger charge is -2.14. The molecule has 2 aromatic carbocycles. The first kappa shape index (κ1) is 16.1. The average Bonchev–Trinajstić information content (AvgIpc) is 3.05. The van der Waals surface area contributed by atoms with Crippen LogP contribution in [0.2, 0.25) is 0 Å². The van der Waals surface area contributed by atoms with Crippen molar-refractivity contribution in [2.24, 2.45) is 0 Å². The molecule has 124 valence electrons. The summed E-state index contributed by atoms with van der Waals surface area (Å²) >= 11 is 0. The Labute approximate surface area is 139 Å². The Hall–Kier alpha value is -2.74. The van der Waals surface area contributed by atoms with Crippen LogP contribution in [0.25, 0.3) is 5.69 Å². The summed E-state index contributed by atoms with van der Waals surface area (Å²) in [6, 6.07) is 15.8. The molecule has 7 nitrogen and oxygen atoms in total. The van der Waals surface area contributed by atoms with Crippen LogP contribution < -0.4 is 4.74 Å². The number of ether oxygens (including phenoxy) is 1. The zero-order valence-corrected chi connectivity index (χ0v) is 14.0. The summed E-state index contributed by atoms with van der Waals surface area (Å²) in [5.41, 5.74) is 0.834. The number of rotatable bonds is 5. The molecular formula is C16H16N4O3S. The van der Waals surface area contributed by atoms with Crippen LogP contribution in [0.15, 0.2) is 59.5 Å². The molecule has 0 N–H and O–H groups in total. The van der Waals surface area contributed by atoms with E-state index >= 15 is 0 Å². The highest BCUT2D eigenvalue weighted by Gasteiger charge is 2.17. The van der Waals surface area contributed by atoms with Gasteiger partial charge in [0.25, 0.3) is 0 Å². The maximum atomic E-state index is 11.5. The van der Waals surface area contributed by atoms with Crippen LogP contribution in [0.3, 0.4) is 0 Å². The normalized spacial score (nSPS) is 12.8. The fourth-order valence-corrected chi connectivity index (χ4v) is 2.85. The molecule has 1 heterocycles. The Kier molecular flexibility index (Phi) is 4.30. The molecule has 3 aromatic rings. The van der Waals surface area contributed by atoms with Crippen molar-refractivity contribution < 1.29 is 13.2 Å². The molecule has 1 aromatic heterocycles. The third-order valence-electron chi connectivity index (χ3n) is 3.42. The zero-order chi connectivity index (χ0) is 17.2. The van der Waals surface area contributed by atoms with Gasteiger partial charge in [-0.05, 0) is 53.7 Å². The Morgan fingerprint density at radius 3 is 2.33 bits per heavy atom. The van der Waals surface area contributed by atoms with Gasteiger partial charge in [-0.15, -0.1) is 5.10 Å². The van der Waals surface area contributed by atoms with Crippen molar-refractivity contribution in [3.8, 4) is 11.4 Å². The van der Waals surface area contributed by atoms with E-state index in [0.717, 1.165) is 5.69 Å². The van der Waals surface area contributed by atoms with Gasteiger partial charge in [0.2, 0.25) is 0 Å². The molecule has 8 heteroatoms. The molecule has 0 aliphatic heterocycles. The highest BCUT2D eigenvalue weighted by Crippen LogP contribution is 2.23. The van der Waals surface area contributed by atoms with Crippen LogP contribution in [-0.4, -0.2) is 34.9 Å². The van der Waals surface area contributed by atoms with Crippen molar-refractivity contribution in [1.82, 2.24) is 20.2 Å². The van der Waals surface area contributed by atoms with Gasteiger partial charge >= 0.3 is 0 Å². The van der Waals surface area contributed by atoms with Crippen molar-refractivity contribution in [1.29, 1.82) is 0 Å². The van der Waals surface area contributed by atoms with Gasteiger partial charge in [-0.25, -0.2) is 8.42 Å². The molecule has 0 radical (unpaired) electrons. The first-order valence-electron chi connectivity index (χ1n) is 7.25. The van der Waals surface area contributed by atoms with E-state index in [1.54, 1.807) is 16.8 Å². The number of tetrazole rings is 1. The van der Waals surface area contributed by atoms with Gasteiger partial charge in [-0.3, -0.25) is 0 Å². The SMILES string of the molecule is C[C@H](Oc1ccc(S(C)(=O)=O)cc1)c1nnnn1-c1ccccc1. The summed E-state index contributed by atoms with van der Waals surface area (Å²) in [6.07, 6.45) is 0.753. The second-order valence-electron chi connectivity index (χ2n) is 5.29. The van der Waals surface area contributed by atoms with E-state index in [0.29, 0.717) is 11.6 Å². The number of aromatic nitrogens is 4. The minimum atomic E-state index is -3.23. The largest absolute Gasteiger partial charge is 0.483 e. The van der Waals surface area contributed by atoms with Crippen LogP contribution in [0.1, 0.15) is 18.9 Å². The minimum absolute atomic E-state index is 0.247. The Bertz CT molecular complexity index is 921. The van der Waals surface area contributed by atoms with Gasteiger partial charge < -0.3 is 4.74 Å². The van der Waals surface area contributed by atoms with Crippen molar-refractivity contribution in [2.45, 2.75) is 17.9 Å². The topological polar surface area (TPSA) is 87.0 Å². The quantitative estimate of drug-likeness (QED) is 0.705. The molecular weight excluding hydrogens is 328 g/mol. The van der Waals surface area contributed by atoms with E-state index < -0.39 is 15.9 Å². The van der Waals surface area contributed by atoms with Crippen LogP contribution in [0.5, 0.6) is 5.75 Å². The second kappa shape index (κ2) is 6.40. The average molecular weight is 344 g/mol. The van der Waals surface area contributed by atoms with Crippen molar-refractivity contribution in [3.05, 3.63) is 60.4 Å². The summed E-state index contributed by atoms with van der Waals surface area (Å²) < 4.78 is 30.4. The Morgan fingerprint density at radius 2 is 1.71 bits per heavy atom. The van der Waals surface area contributed by atoms with Crippen LogP contribution in [-0.2, 0) is 9.84 Å². The van der Waals surface area contributed by atoms with Gasteiger partial charge in [-0.2, -0.15) is 4.68 Å². The summed E-state index contributed by atoms with van der Waals surface area (Å²) in [5, 5.41) is 11.7. The lowest BCUT2D eigenvalue weighted by molar-refractivity contribution is 0.213. The van der Waals surface area contributed by atoms with E-state index in [2.05, 4.69) is 15.5 Å². The number of nitrogens with zero attached hydrogens (tertiary/aromatic N) is 4. The molecule has 0 unspecified atom stereocenters. The first-order chi connectivity index (χ1) is 11.4. The molecule has 0 bridgehead atoms. The van der Waals surface area contributed by atoms with E-state index in [1.165, 1.54) is 18.4 Å². The number of hydrogen-bond donors (Lipinski definition) is 0. The van der Waals surface area contributed by atoms with Gasteiger partial charge in [0.15, 0.2) is 21.8 Å². The monoisotopic (exact) mass is 344 g/mol. The van der Waals surface area contributed by atoms with E-state index in [4.69, 9.17) is 4.74 Å². The maximum Gasteiger partial charge on any atom is 0.196 e. The van der Waals surface area contributed by atoms with Gasteiger partial charge in [0.1, 0.15) is 5.75 Å². The number of para-hydroxylation sites is 1. The molecule has 0 aliphatic rings. The molecule has 1 atom stereocenters. The van der Waals surface area contributed by atoms with Crippen LogP contribution in [0, 0.1) is 0 Å². The lowest BCUT2D eigenvalue weighted by atomic mass is 10.3. The maximum absolute atomic E-state index is 11.5. The zero-order valence-electron chi connectivity index (χ0n) is 13.2. The molecule has 0 fully saturated rings. The van der Waals surface area contributed by atoms with Gasteiger partial charge in [-0.1, -0.05) is 18.2 Å². The third kappa shape index (κ3) is 3.43. The number of hydrogen-bond acceptors (Lipinski definition) is 6. The van der Waals surface area contributed by atoms with Crippen molar-refractivity contribution in [2.75, 3.05) is 6.26 Å².